The molecule has 1 amide bonds. The molecule has 13 heteroatoms. The van der Waals surface area contributed by atoms with Gasteiger partial charge in [0.2, 0.25) is 5.88 Å². The molecule has 9 nitrogen and oxygen atoms in total. The zero-order chi connectivity index (χ0) is 22.2. The van der Waals surface area contributed by atoms with Gasteiger partial charge in [0.15, 0.2) is 6.61 Å². The second-order valence-electron chi connectivity index (χ2n) is 6.17. The number of aromatic nitrogens is 4. The van der Waals surface area contributed by atoms with E-state index in [2.05, 4.69) is 20.0 Å². The van der Waals surface area contributed by atoms with Crippen LogP contribution in [0.25, 0.3) is 11.0 Å². The highest BCUT2D eigenvalue weighted by atomic mass is 35.5. The number of amides is 1. The van der Waals surface area contributed by atoms with Crippen LogP contribution in [0.5, 0.6) is 5.88 Å². The van der Waals surface area contributed by atoms with Gasteiger partial charge in [0.05, 0.1) is 22.8 Å². The number of anilines is 1. The Labute approximate surface area is 170 Å². The second-order valence-corrected chi connectivity index (χ2v) is 6.58. The van der Waals surface area contributed by atoms with Gasteiger partial charge in [-0.05, 0) is 12.1 Å². The standard InChI is InChI=1S/C17H13ClF3N5O4/c1-25-12-10(15(28)26(2)16(25)29)4-9(6-22-12)24-13(27)8-3-11(18)14(23-5-8)30-7-17(19,20)21/h3-6H,7H2,1-2H3,(H,24,27). The molecule has 0 spiro atoms. The highest BCUT2D eigenvalue weighted by Gasteiger charge is 2.29. The average Bonchev–Trinajstić information content (AvgIpc) is 2.69. The molecule has 3 aromatic rings. The summed E-state index contributed by atoms with van der Waals surface area (Å²) in [7, 11) is 2.76. The maximum atomic E-state index is 12.4. The van der Waals surface area contributed by atoms with E-state index in [1.54, 1.807) is 0 Å². The van der Waals surface area contributed by atoms with Crippen LogP contribution < -0.4 is 21.3 Å². The quantitative estimate of drug-likeness (QED) is 0.659. The first kappa shape index (κ1) is 21.3. The van der Waals surface area contributed by atoms with Gasteiger partial charge in [-0.1, -0.05) is 11.6 Å². The van der Waals surface area contributed by atoms with Crippen LogP contribution in [-0.2, 0) is 14.1 Å². The van der Waals surface area contributed by atoms with Gasteiger partial charge in [-0.2, -0.15) is 13.2 Å². The SMILES string of the molecule is Cn1c(=O)c2cc(NC(=O)c3cnc(OCC(F)(F)F)c(Cl)c3)cnc2n(C)c1=O. The summed E-state index contributed by atoms with van der Waals surface area (Å²) in [5.41, 5.74) is -0.917. The number of rotatable bonds is 4. The van der Waals surface area contributed by atoms with E-state index in [1.807, 2.05) is 0 Å². The first-order valence-electron chi connectivity index (χ1n) is 8.20. The Balaban J connectivity index is 1.85. The van der Waals surface area contributed by atoms with Crippen LogP contribution in [-0.4, -0.2) is 37.8 Å². The summed E-state index contributed by atoms with van der Waals surface area (Å²) in [6.07, 6.45) is -2.33. The fourth-order valence-electron chi connectivity index (χ4n) is 2.54. The van der Waals surface area contributed by atoms with E-state index in [0.29, 0.717) is 0 Å². The van der Waals surface area contributed by atoms with Crippen molar-refractivity contribution in [2.75, 3.05) is 11.9 Å². The summed E-state index contributed by atoms with van der Waals surface area (Å²) in [6.45, 7) is -1.58. The van der Waals surface area contributed by atoms with Crippen LogP contribution in [0.1, 0.15) is 10.4 Å². The number of pyridine rings is 2. The van der Waals surface area contributed by atoms with Gasteiger partial charge in [-0.3, -0.25) is 18.7 Å². The molecular formula is C17H13ClF3N5O4. The smallest absolute Gasteiger partial charge is 0.422 e. The first-order valence-corrected chi connectivity index (χ1v) is 8.58. The molecule has 0 aromatic carbocycles. The average molecular weight is 444 g/mol. The number of fused-ring (bicyclic) bond motifs is 1. The van der Waals surface area contributed by atoms with Gasteiger partial charge in [0.25, 0.3) is 11.5 Å². The molecule has 0 aliphatic rings. The van der Waals surface area contributed by atoms with Crippen molar-refractivity contribution in [1.29, 1.82) is 0 Å². The Kier molecular flexibility index (Phi) is 5.53. The monoisotopic (exact) mass is 443 g/mol. The minimum Gasteiger partial charge on any atom is -0.467 e. The molecular weight excluding hydrogens is 431 g/mol. The molecule has 1 N–H and O–H groups in total. The molecule has 158 valence electrons. The fourth-order valence-corrected chi connectivity index (χ4v) is 2.76. The lowest BCUT2D eigenvalue weighted by Gasteiger charge is -2.11. The molecule has 0 saturated carbocycles. The molecule has 0 bridgehead atoms. The third-order valence-electron chi connectivity index (χ3n) is 3.99. The summed E-state index contributed by atoms with van der Waals surface area (Å²) in [6, 6.07) is 2.44. The molecule has 0 saturated heterocycles. The first-order chi connectivity index (χ1) is 14.0. The Hall–Kier alpha value is -3.41. The van der Waals surface area contributed by atoms with Crippen LogP contribution in [0, 0.1) is 0 Å². The van der Waals surface area contributed by atoms with Gasteiger partial charge < -0.3 is 10.1 Å². The van der Waals surface area contributed by atoms with Crippen molar-refractivity contribution in [3.63, 3.8) is 0 Å². The van der Waals surface area contributed by atoms with E-state index >= 15 is 0 Å². The van der Waals surface area contributed by atoms with Gasteiger partial charge in [0, 0.05) is 20.3 Å². The largest absolute Gasteiger partial charge is 0.467 e. The predicted molar refractivity (Wildman–Crippen MR) is 101 cm³/mol. The minimum absolute atomic E-state index is 0.0622. The number of carbonyl (C=O) groups is 1. The number of carbonyl (C=O) groups excluding carboxylic acids is 1. The van der Waals surface area contributed by atoms with Crippen molar-refractivity contribution in [1.82, 2.24) is 19.1 Å². The number of aryl methyl sites for hydroxylation is 1. The molecule has 0 atom stereocenters. The summed E-state index contributed by atoms with van der Waals surface area (Å²) in [5, 5.41) is 2.29. The Morgan fingerprint density at radius 3 is 2.50 bits per heavy atom. The van der Waals surface area contributed by atoms with Gasteiger partial charge in [-0.15, -0.1) is 0 Å². The van der Waals surface area contributed by atoms with Gasteiger partial charge in [-0.25, -0.2) is 14.8 Å². The van der Waals surface area contributed by atoms with Crippen molar-refractivity contribution >= 4 is 34.2 Å². The van der Waals surface area contributed by atoms with Crippen molar-refractivity contribution in [2.45, 2.75) is 6.18 Å². The molecule has 3 aromatic heterocycles. The number of hydrogen-bond acceptors (Lipinski definition) is 6. The van der Waals surface area contributed by atoms with Crippen molar-refractivity contribution < 1.29 is 22.7 Å². The molecule has 3 heterocycles. The van der Waals surface area contributed by atoms with Crippen LogP contribution in [0.2, 0.25) is 5.02 Å². The number of nitrogens with zero attached hydrogens (tertiary/aromatic N) is 4. The molecule has 0 radical (unpaired) electrons. The molecule has 0 aliphatic carbocycles. The Morgan fingerprint density at radius 2 is 1.87 bits per heavy atom. The Morgan fingerprint density at radius 1 is 1.17 bits per heavy atom. The fraction of sp³-hybridized carbons (Fsp3) is 0.235. The summed E-state index contributed by atoms with van der Waals surface area (Å²) >= 11 is 5.83. The molecule has 3 rings (SSSR count). The number of alkyl halides is 3. The van der Waals surface area contributed by atoms with Crippen LogP contribution >= 0.6 is 11.6 Å². The van der Waals surface area contributed by atoms with Crippen LogP contribution in [0.3, 0.4) is 0 Å². The van der Waals surface area contributed by atoms with Gasteiger partial charge in [0.1, 0.15) is 10.7 Å². The third kappa shape index (κ3) is 4.27. The lowest BCUT2D eigenvalue weighted by atomic mass is 10.2. The number of hydrogen-bond donors (Lipinski definition) is 1. The Bertz CT molecular complexity index is 1270. The van der Waals surface area contributed by atoms with Gasteiger partial charge >= 0.3 is 11.9 Å². The lowest BCUT2D eigenvalue weighted by molar-refractivity contribution is -0.154. The van der Waals surface area contributed by atoms with E-state index < -0.39 is 35.8 Å². The molecule has 30 heavy (non-hydrogen) atoms. The minimum atomic E-state index is -4.56. The summed E-state index contributed by atoms with van der Waals surface area (Å²) in [5.74, 6) is -1.17. The van der Waals surface area contributed by atoms with E-state index in [-0.39, 0.29) is 27.3 Å². The van der Waals surface area contributed by atoms with Crippen LogP contribution in [0.4, 0.5) is 18.9 Å². The molecule has 0 aliphatic heterocycles. The topological polar surface area (TPSA) is 108 Å². The maximum absolute atomic E-state index is 12.4. The number of halogens is 4. The summed E-state index contributed by atoms with van der Waals surface area (Å²) in [4.78, 5) is 44.3. The predicted octanol–water partition coefficient (Wildman–Crippen LogP) is 1.87. The van der Waals surface area contributed by atoms with E-state index in [0.717, 1.165) is 16.8 Å². The highest BCUT2D eigenvalue weighted by Crippen LogP contribution is 2.25. The molecule has 0 fully saturated rings. The number of nitrogens with one attached hydrogen (secondary N) is 1. The maximum Gasteiger partial charge on any atom is 0.422 e. The zero-order valence-electron chi connectivity index (χ0n) is 15.5. The van der Waals surface area contributed by atoms with E-state index in [1.165, 1.54) is 30.9 Å². The van der Waals surface area contributed by atoms with Crippen molar-refractivity contribution in [3.8, 4) is 5.88 Å². The molecule has 0 unspecified atom stereocenters. The van der Waals surface area contributed by atoms with E-state index in [9.17, 15) is 27.6 Å². The third-order valence-corrected chi connectivity index (χ3v) is 4.26. The second kappa shape index (κ2) is 7.78. The zero-order valence-corrected chi connectivity index (χ0v) is 16.2. The normalized spacial score (nSPS) is 11.5. The van der Waals surface area contributed by atoms with Crippen LogP contribution in [0.15, 0.2) is 34.1 Å². The van der Waals surface area contributed by atoms with E-state index in [4.69, 9.17) is 11.6 Å². The lowest BCUT2D eigenvalue weighted by Crippen LogP contribution is -2.37. The highest BCUT2D eigenvalue weighted by molar-refractivity contribution is 6.32. The van der Waals surface area contributed by atoms with Crippen molar-refractivity contribution in [2.24, 2.45) is 14.1 Å². The number of ether oxygens (including phenoxy) is 1. The van der Waals surface area contributed by atoms with Crippen molar-refractivity contribution in [3.05, 3.63) is 56.0 Å². The summed E-state index contributed by atoms with van der Waals surface area (Å²) < 4.78 is 43.2.